The lowest BCUT2D eigenvalue weighted by atomic mass is 10.1. The summed E-state index contributed by atoms with van der Waals surface area (Å²) in [5.74, 6) is 1.89. The summed E-state index contributed by atoms with van der Waals surface area (Å²) < 4.78 is 0. The quantitative estimate of drug-likeness (QED) is 0.375. The van der Waals surface area contributed by atoms with E-state index in [4.69, 9.17) is 4.98 Å². The van der Waals surface area contributed by atoms with Gasteiger partial charge in [0.1, 0.15) is 5.82 Å². The zero-order chi connectivity index (χ0) is 20.9. The monoisotopic (exact) mass is 413 g/mol. The van der Waals surface area contributed by atoms with Crippen LogP contribution in [0.25, 0.3) is 0 Å². The zero-order valence-corrected chi connectivity index (χ0v) is 19.2. The summed E-state index contributed by atoms with van der Waals surface area (Å²) in [5, 5.41) is 3.60. The predicted molar refractivity (Wildman–Crippen MR) is 128 cm³/mol. The van der Waals surface area contributed by atoms with Crippen LogP contribution in [0.4, 0.5) is 11.8 Å². The van der Waals surface area contributed by atoms with E-state index >= 15 is 0 Å². The number of unbranched alkanes of at least 4 members (excludes halogenated alkanes) is 5. The second-order valence-electron chi connectivity index (χ2n) is 9.03. The molecule has 30 heavy (non-hydrogen) atoms. The maximum atomic E-state index is 4.83. The summed E-state index contributed by atoms with van der Waals surface area (Å²) in [6, 6.07) is 2.55. The van der Waals surface area contributed by atoms with E-state index in [1.807, 2.05) is 6.20 Å². The molecule has 2 aliphatic rings. The number of allylic oxidation sites excluding steroid dienone is 1. The molecule has 0 radical (unpaired) electrons. The lowest BCUT2D eigenvalue weighted by Crippen LogP contribution is -2.39. The molecular weight excluding hydrogens is 370 g/mol. The number of hydrogen-bond donors (Lipinski definition) is 1. The van der Waals surface area contributed by atoms with Gasteiger partial charge in [-0.3, -0.25) is 4.90 Å². The third-order valence-electron chi connectivity index (χ3n) is 6.50. The Hall–Kier alpha value is -1.62. The lowest BCUT2D eigenvalue weighted by Gasteiger charge is -2.31. The molecule has 5 heteroatoms. The second-order valence-corrected chi connectivity index (χ2v) is 9.03. The number of nitrogens with one attached hydrogen (secondary N) is 1. The Balaban J connectivity index is 1.34. The van der Waals surface area contributed by atoms with Crippen LogP contribution in [-0.2, 0) is 0 Å². The van der Waals surface area contributed by atoms with Gasteiger partial charge in [0.05, 0.1) is 0 Å². The van der Waals surface area contributed by atoms with E-state index in [0.717, 1.165) is 44.5 Å². The fraction of sp³-hybridized carbons (Fsp3) is 0.760. The first-order chi connectivity index (χ1) is 14.8. The van der Waals surface area contributed by atoms with Crippen molar-refractivity contribution in [1.29, 1.82) is 0 Å². The third-order valence-corrected chi connectivity index (χ3v) is 6.50. The molecule has 0 unspecified atom stereocenters. The highest BCUT2D eigenvalue weighted by atomic mass is 15.2. The Labute approximate surface area is 184 Å². The van der Waals surface area contributed by atoms with Crippen LogP contribution in [0.5, 0.6) is 0 Å². The van der Waals surface area contributed by atoms with Crippen molar-refractivity contribution in [2.45, 2.75) is 90.0 Å². The highest BCUT2D eigenvalue weighted by Gasteiger charge is 2.19. The minimum atomic E-state index is 0.489. The number of rotatable bonds is 11. The highest BCUT2D eigenvalue weighted by Crippen LogP contribution is 2.20. The van der Waals surface area contributed by atoms with Gasteiger partial charge < -0.3 is 10.2 Å². The van der Waals surface area contributed by atoms with Gasteiger partial charge in [0.15, 0.2) is 0 Å². The molecule has 0 aliphatic carbocycles. The number of aromatic nitrogens is 2. The van der Waals surface area contributed by atoms with E-state index in [0.29, 0.717) is 6.04 Å². The molecule has 0 spiro atoms. The first kappa shape index (κ1) is 23.1. The molecule has 0 saturated carbocycles. The number of anilines is 2. The average Bonchev–Trinajstić information content (AvgIpc) is 3.07. The maximum Gasteiger partial charge on any atom is 0.224 e. The van der Waals surface area contributed by atoms with Gasteiger partial charge in [0, 0.05) is 45.0 Å². The van der Waals surface area contributed by atoms with Crippen molar-refractivity contribution < 1.29 is 0 Å². The van der Waals surface area contributed by atoms with E-state index < -0.39 is 0 Å². The Morgan fingerprint density at radius 1 is 0.967 bits per heavy atom. The summed E-state index contributed by atoms with van der Waals surface area (Å²) >= 11 is 0. The molecule has 0 aromatic carbocycles. The molecule has 2 aliphatic heterocycles. The molecule has 1 N–H and O–H groups in total. The van der Waals surface area contributed by atoms with Crippen molar-refractivity contribution in [3.63, 3.8) is 0 Å². The van der Waals surface area contributed by atoms with Gasteiger partial charge in [-0.2, -0.15) is 4.98 Å². The molecule has 0 amide bonds. The molecule has 1 aromatic rings. The van der Waals surface area contributed by atoms with Crippen molar-refractivity contribution in [2.75, 3.05) is 42.9 Å². The van der Waals surface area contributed by atoms with Crippen molar-refractivity contribution in [3.05, 3.63) is 24.4 Å². The summed E-state index contributed by atoms with van der Waals surface area (Å²) in [7, 11) is 0. The topological polar surface area (TPSA) is 44.3 Å². The number of piperidine rings is 1. The minimum absolute atomic E-state index is 0.489. The molecule has 3 rings (SSSR count). The van der Waals surface area contributed by atoms with Crippen LogP contribution in [-0.4, -0.2) is 53.6 Å². The van der Waals surface area contributed by atoms with E-state index in [1.165, 1.54) is 77.0 Å². The van der Waals surface area contributed by atoms with Crippen molar-refractivity contribution in [3.8, 4) is 0 Å². The molecule has 168 valence electrons. The Bertz CT molecular complexity index is 601. The van der Waals surface area contributed by atoms with Crippen molar-refractivity contribution in [2.24, 2.45) is 0 Å². The van der Waals surface area contributed by atoms with Crippen LogP contribution in [0.2, 0.25) is 0 Å². The minimum Gasteiger partial charge on any atom is -0.356 e. The van der Waals surface area contributed by atoms with Gasteiger partial charge in [-0.15, -0.1) is 0 Å². The van der Waals surface area contributed by atoms with Crippen LogP contribution in [0.3, 0.4) is 0 Å². The molecule has 5 nitrogen and oxygen atoms in total. The van der Waals surface area contributed by atoms with E-state index in [-0.39, 0.29) is 0 Å². The van der Waals surface area contributed by atoms with Gasteiger partial charge in [-0.1, -0.05) is 57.6 Å². The summed E-state index contributed by atoms with van der Waals surface area (Å²) in [4.78, 5) is 14.3. The smallest absolute Gasteiger partial charge is 0.224 e. The molecular formula is C25H43N5. The van der Waals surface area contributed by atoms with Crippen LogP contribution in [0.15, 0.2) is 24.4 Å². The van der Waals surface area contributed by atoms with E-state index in [1.54, 1.807) is 0 Å². The molecule has 1 aromatic heterocycles. The Kier molecular flexibility index (Phi) is 10.5. The van der Waals surface area contributed by atoms with Crippen molar-refractivity contribution >= 4 is 11.8 Å². The lowest BCUT2D eigenvalue weighted by molar-refractivity contribution is 0.239. The molecule has 2 fully saturated rings. The first-order valence-electron chi connectivity index (χ1n) is 12.6. The van der Waals surface area contributed by atoms with E-state index in [9.17, 15) is 0 Å². The third kappa shape index (κ3) is 8.25. The molecule has 2 saturated heterocycles. The van der Waals surface area contributed by atoms with Crippen LogP contribution in [0, 0.1) is 0 Å². The zero-order valence-electron chi connectivity index (χ0n) is 19.2. The highest BCUT2D eigenvalue weighted by molar-refractivity contribution is 5.43. The molecule has 0 atom stereocenters. The average molecular weight is 414 g/mol. The molecule has 3 heterocycles. The van der Waals surface area contributed by atoms with Gasteiger partial charge in [-0.25, -0.2) is 4.98 Å². The van der Waals surface area contributed by atoms with Crippen LogP contribution < -0.4 is 10.2 Å². The normalized spacial score (nSPS) is 19.3. The van der Waals surface area contributed by atoms with Crippen LogP contribution >= 0.6 is 0 Å². The number of nitrogens with zero attached hydrogens (tertiary/aromatic N) is 4. The van der Waals surface area contributed by atoms with Gasteiger partial charge in [0.2, 0.25) is 5.95 Å². The van der Waals surface area contributed by atoms with Gasteiger partial charge >= 0.3 is 0 Å². The standard InChI is InChI=1S/C25H43N5/c1-2-3-4-5-6-7-8-11-18-29-21-15-23(16-22-29)27-25-26-17-14-24(28-25)30-19-12-9-10-13-20-30/h8,11,14,17,23H,2-7,9-10,12-13,15-16,18-22H2,1H3,(H,26,27,28)/b11-8+. The number of likely N-dealkylation sites (tertiary alicyclic amines) is 1. The van der Waals surface area contributed by atoms with Crippen molar-refractivity contribution in [1.82, 2.24) is 14.9 Å². The molecule has 0 bridgehead atoms. The van der Waals surface area contributed by atoms with Gasteiger partial charge in [-0.05, 0) is 44.6 Å². The summed E-state index contributed by atoms with van der Waals surface area (Å²) in [6.07, 6.45) is 22.4. The second kappa shape index (κ2) is 13.6. The number of hydrogen-bond acceptors (Lipinski definition) is 5. The van der Waals surface area contributed by atoms with Gasteiger partial charge in [0.25, 0.3) is 0 Å². The first-order valence-corrected chi connectivity index (χ1v) is 12.6. The summed E-state index contributed by atoms with van der Waals surface area (Å²) in [6.45, 7) is 7.94. The van der Waals surface area contributed by atoms with E-state index in [2.05, 4.69) is 45.2 Å². The SMILES string of the molecule is CCCCCCC/C=C/CN1CCC(Nc2nccc(N3CCCCCC3)n2)CC1. The fourth-order valence-corrected chi connectivity index (χ4v) is 4.54. The predicted octanol–water partition coefficient (Wildman–Crippen LogP) is 5.65. The Morgan fingerprint density at radius 3 is 2.50 bits per heavy atom. The Morgan fingerprint density at radius 2 is 1.73 bits per heavy atom. The maximum absolute atomic E-state index is 4.83. The fourth-order valence-electron chi connectivity index (χ4n) is 4.54. The van der Waals surface area contributed by atoms with Crippen LogP contribution in [0.1, 0.15) is 84.0 Å². The largest absolute Gasteiger partial charge is 0.356 e. The summed E-state index contributed by atoms with van der Waals surface area (Å²) in [5.41, 5.74) is 0.